The maximum absolute atomic E-state index is 6.32. The minimum atomic E-state index is 0.545. The molecule has 0 aliphatic carbocycles. The zero-order chi connectivity index (χ0) is 20.6. The summed E-state index contributed by atoms with van der Waals surface area (Å²) in [4.78, 5) is 14.1. The highest BCUT2D eigenvalue weighted by atomic mass is 35.5. The van der Waals surface area contributed by atoms with Crippen molar-refractivity contribution >= 4 is 22.5 Å². The quantitative estimate of drug-likeness (QED) is 0.549. The maximum Gasteiger partial charge on any atom is 0.144 e. The molecule has 4 rings (SSSR count). The number of piperazine rings is 1. The maximum atomic E-state index is 6.32. The molecule has 1 aliphatic rings. The van der Waals surface area contributed by atoms with E-state index < -0.39 is 0 Å². The standard InChI is InChI=1S/C20H21ClN4.C4H10/c21-20-17-8-4-5-9-18(17)22-19(23-20)15-25-12-10-24(11-13-25)14-16-6-2-1-3-7-16;1-4(2)3/h1-9H,10-15H2;4H,1-3H3. The van der Waals surface area contributed by atoms with Gasteiger partial charge in [-0.3, -0.25) is 9.80 Å². The van der Waals surface area contributed by atoms with E-state index in [0.717, 1.165) is 61.9 Å². The summed E-state index contributed by atoms with van der Waals surface area (Å²) in [6.07, 6.45) is 0. The molecule has 2 heterocycles. The molecular formula is C24H31ClN4. The van der Waals surface area contributed by atoms with Gasteiger partial charge in [0.25, 0.3) is 0 Å². The lowest BCUT2D eigenvalue weighted by Gasteiger charge is -2.34. The molecule has 1 aromatic heterocycles. The van der Waals surface area contributed by atoms with Crippen LogP contribution in [0.15, 0.2) is 54.6 Å². The first-order chi connectivity index (χ1) is 14.0. The van der Waals surface area contributed by atoms with Crippen molar-refractivity contribution in [2.75, 3.05) is 26.2 Å². The third kappa shape index (κ3) is 6.77. The monoisotopic (exact) mass is 410 g/mol. The van der Waals surface area contributed by atoms with Crippen molar-refractivity contribution in [2.45, 2.75) is 33.9 Å². The predicted molar refractivity (Wildman–Crippen MR) is 122 cm³/mol. The fourth-order valence-corrected chi connectivity index (χ4v) is 3.56. The Balaban J connectivity index is 0.000000552. The van der Waals surface area contributed by atoms with E-state index in [1.807, 2.05) is 24.3 Å². The van der Waals surface area contributed by atoms with Crippen molar-refractivity contribution in [1.82, 2.24) is 19.8 Å². The van der Waals surface area contributed by atoms with Gasteiger partial charge in [-0.25, -0.2) is 9.97 Å². The summed E-state index contributed by atoms with van der Waals surface area (Å²) in [6.45, 7) is 12.5. The van der Waals surface area contributed by atoms with E-state index in [-0.39, 0.29) is 0 Å². The smallest absolute Gasteiger partial charge is 0.144 e. The van der Waals surface area contributed by atoms with Gasteiger partial charge < -0.3 is 0 Å². The molecule has 0 radical (unpaired) electrons. The van der Waals surface area contributed by atoms with Gasteiger partial charge in [0.2, 0.25) is 0 Å². The Labute approximate surface area is 179 Å². The normalized spacial score (nSPS) is 15.3. The predicted octanol–water partition coefficient (Wildman–Crippen LogP) is 5.26. The molecule has 1 aliphatic heterocycles. The lowest BCUT2D eigenvalue weighted by atomic mass is 10.2. The molecule has 5 heteroatoms. The van der Waals surface area contributed by atoms with Crippen LogP contribution in [-0.2, 0) is 13.1 Å². The fourth-order valence-electron chi connectivity index (χ4n) is 3.30. The van der Waals surface area contributed by atoms with Crippen LogP contribution in [0.5, 0.6) is 0 Å². The Bertz CT molecular complexity index is 887. The third-order valence-corrected chi connectivity index (χ3v) is 4.97. The highest BCUT2D eigenvalue weighted by Crippen LogP contribution is 2.20. The van der Waals surface area contributed by atoms with Gasteiger partial charge in [-0.15, -0.1) is 0 Å². The zero-order valence-corrected chi connectivity index (χ0v) is 18.4. The van der Waals surface area contributed by atoms with Crippen LogP contribution in [0.4, 0.5) is 0 Å². The molecule has 3 aromatic rings. The zero-order valence-electron chi connectivity index (χ0n) is 17.7. The van der Waals surface area contributed by atoms with Crippen molar-refractivity contribution < 1.29 is 0 Å². The van der Waals surface area contributed by atoms with Crippen LogP contribution in [0.25, 0.3) is 10.9 Å². The van der Waals surface area contributed by atoms with E-state index in [0.29, 0.717) is 5.15 Å². The van der Waals surface area contributed by atoms with E-state index in [1.165, 1.54) is 5.56 Å². The van der Waals surface area contributed by atoms with Crippen molar-refractivity contribution in [3.63, 3.8) is 0 Å². The van der Waals surface area contributed by atoms with E-state index in [1.54, 1.807) is 0 Å². The topological polar surface area (TPSA) is 32.3 Å². The number of hydrogen-bond acceptors (Lipinski definition) is 4. The van der Waals surface area contributed by atoms with Gasteiger partial charge in [0, 0.05) is 38.1 Å². The molecule has 1 fully saturated rings. The molecule has 0 N–H and O–H groups in total. The number of benzene rings is 2. The summed E-state index contributed by atoms with van der Waals surface area (Å²) in [7, 11) is 0. The number of nitrogens with zero attached hydrogens (tertiary/aromatic N) is 4. The van der Waals surface area contributed by atoms with Gasteiger partial charge in [0.15, 0.2) is 0 Å². The molecule has 0 atom stereocenters. The SMILES string of the molecule is CC(C)C.Clc1nc(CN2CCN(Cc3ccccc3)CC2)nc2ccccc12. The molecule has 0 unspecified atom stereocenters. The largest absolute Gasteiger partial charge is 0.297 e. The molecule has 154 valence electrons. The van der Waals surface area contributed by atoms with Crippen molar-refractivity contribution in [3.8, 4) is 0 Å². The van der Waals surface area contributed by atoms with E-state index in [9.17, 15) is 0 Å². The second-order valence-corrected chi connectivity index (χ2v) is 8.58. The number of rotatable bonds is 4. The van der Waals surface area contributed by atoms with Crippen molar-refractivity contribution in [1.29, 1.82) is 0 Å². The van der Waals surface area contributed by atoms with Crippen LogP contribution >= 0.6 is 11.6 Å². The van der Waals surface area contributed by atoms with E-state index >= 15 is 0 Å². The Hall–Kier alpha value is -2.01. The minimum Gasteiger partial charge on any atom is -0.297 e. The van der Waals surface area contributed by atoms with Crippen molar-refractivity contribution in [2.24, 2.45) is 5.92 Å². The van der Waals surface area contributed by atoms with Crippen LogP contribution in [0.2, 0.25) is 5.15 Å². The Morgan fingerprint density at radius 1 is 0.793 bits per heavy atom. The third-order valence-electron chi connectivity index (χ3n) is 4.68. The van der Waals surface area contributed by atoms with Crippen LogP contribution in [0, 0.1) is 5.92 Å². The summed E-state index contributed by atoms with van der Waals surface area (Å²) >= 11 is 6.32. The van der Waals surface area contributed by atoms with Gasteiger partial charge in [-0.05, 0) is 23.6 Å². The van der Waals surface area contributed by atoms with Crippen LogP contribution in [-0.4, -0.2) is 45.9 Å². The highest BCUT2D eigenvalue weighted by Gasteiger charge is 2.18. The number of aromatic nitrogens is 2. The number of halogens is 1. The van der Waals surface area contributed by atoms with E-state index in [4.69, 9.17) is 11.6 Å². The van der Waals surface area contributed by atoms with Gasteiger partial charge in [-0.1, -0.05) is 74.8 Å². The first-order valence-electron chi connectivity index (χ1n) is 10.4. The van der Waals surface area contributed by atoms with Gasteiger partial charge in [0.05, 0.1) is 12.1 Å². The second kappa shape index (κ2) is 10.7. The lowest BCUT2D eigenvalue weighted by Crippen LogP contribution is -2.45. The highest BCUT2D eigenvalue weighted by molar-refractivity contribution is 6.34. The molecule has 0 amide bonds. The first-order valence-corrected chi connectivity index (χ1v) is 10.8. The Kier molecular flexibility index (Phi) is 7.99. The summed E-state index contributed by atoms with van der Waals surface area (Å²) < 4.78 is 0. The van der Waals surface area contributed by atoms with Gasteiger partial charge >= 0.3 is 0 Å². The Morgan fingerprint density at radius 2 is 1.34 bits per heavy atom. The molecule has 0 bridgehead atoms. The van der Waals surface area contributed by atoms with Gasteiger partial charge in [-0.2, -0.15) is 0 Å². The number of fused-ring (bicyclic) bond motifs is 1. The summed E-state index contributed by atoms with van der Waals surface area (Å²) in [5.41, 5.74) is 2.29. The van der Waals surface area contributed by atoms with Crippen LogP contribution in [0.3, 0.4) is 0 Å². The molecule has 0 spiro atoms. The average molecular weight is 411 g/mol. The first kappa shape index (κ1) is 21.7. The Morgan fingerprint density at radius 3 is 2.00 bits per heavy atom. The molecule has 0 saturated carbocycles. The molecule has 1 saturated heterocycles. The summed E-state index contributed by atoms with van der Waals surface area (Å²) in [5, 5.41) is 1.46. The van der Waals surface area contributed by atoms with Crippen LogP contribution < -0.4 is 0 Å². The summed E-state index contributed by atoms with van der Waals surface area (Å²) in [5.74, 6) is 1.64. The number of hydrogen-bond donors (Lipinski definition) is 0. The average Bonchev–Trinajstić information content (AvgIpc) is 2.70. The van der Waals surface area contributed by atoms with Crippen LogP contribution in [0.1, 0.15) is 32.2 Å². The van der Waals surface area contributed by atoms with Gasteiger partial charge in [0.1, 0.15) is 11.0 Å². The second-order valence-electron chi connectivity index (χ2n) is 8.22. The van der Waals surface area contributed by atoms with Crippen molar-refractivity contribution in [3.05, 3.63) is 71.1 Å². The lowest BCUT2D eigenvalue weighted by molar-refractivity contribution is 0.120. The molecule has 2 aromatic carbocycles. The number of para-hydroxylation sites is 1. The fraction of sp³-hybridized carbons (Fsp3) is 0.417. The molecule has 29 heavy (non-hydrogen) atoms. The molecular weight excluding hydrogens is 380 g/mol. The summed E-state index contributed by atoms with van der Waals surface area (Å²) in [6, 6.07) is 18.6. The minimum absolute atomic E-state index is 0.545. The molecule has 4 nitrogen and oxygen atoms in total. The van der Waals surface area contributed by atoms with E-state index in [2.05, 4.69) is 70.9 Å².